The molecule has 0 aliphatic rings. The molecule has 0 saturated heterocycles. The Bertz CT molecular complexity index is 884. The quantitative estimate of drug-likeness (QED) is 0.297. The molecule has 2 aromatic carbocycles. The van der Waals surface area contributed by atoms with E-state index in [1.807, 2.05) is 13.8 Å². The van der Waals surface area contributed by atoms with Crippen LogP contribution in [0.5, 0.6) is 0 Å². The van der Waals surface area contributed by atoms with E-state index in [0.29, 0.717) is 24.6 Å². The van der Waals surface area contributed by atoms with Crippen LogP contribution in [-0.2, 0) is 16.9 Å². The molecular formula is C20H18F6O2P+. The molecule has 0 heterocycles. The molecule has 0 aliphatic carbocycles. The van der Waals surface area contributed by atoms with E-state index in [9.17, 15) is 35.7 Å². The zero-order valence-electron chi connectivity index (χ0n) is 15.6. The van der Waals surface area contributed by atoms with Gasteiger partial charge in [-0.15, -0.1) is 0 Å². The van der Waals surface area contributed by atoms with Crippen molar-refractivity contribution in [3.8, 4) is 0 Å². The van der Waals surface area contributed by atoms with Gasteiger partial charge in [0, 0.05) is 5.56 Å². The SMILES string of the molecule is CC(C)CC[P+](=O)c1ccccc1C(=O)c1c(C(F)(F)F)cccc1C(F)(F)F. The lowest BCUT2D eigenvalue weighted by atomic mass is 9.92. The summed E-state index contributed by atoms with van der Waals surface area (Å²) in [7, 11) is -2.16. The summed E-state index contributed by atoms with van der Waals surface area (Å²) >= 11 is 0. The van der Waals surface area contributed by atoms with Gasteiger partial charge >= 0.3 is 20.2 Å². The molecule has 0 saturated carbocycles. The van der Waals surface area contributed by atoms with Crippen molar-refractivity contribution in [2.45, 2.75) is 32.6 Å². The van der Waals surface area contributed by atoms with E-state index < -0.39 is 48.2 Å². The van der Waals surface area contributed by atoms with Gasteiger partial charge in [-0.2, -0.15) is 26.3 Å². The first kappa shape index (κ1) is 23.1. The molecule has 0 spiro atoms. The minimum Gasteiger partial charge on any atom is -0.288 e. The summed E-state index contributed by atoms with van der Waals surface area (Å²) in [5, 5.41) is -0.0433. The fourth-order valence-corrected chi connectivity index (χ4v) is 4.47. The lowest BCUT2D eigenvalue weighted by Crippen LogP contribution is -2.23. The summed E-state index contributed by atoms with van der Waals surface area (Å²) in [6.45, 7) is 3.77. The molecule has 2 rings (SSSR count). The zero-order chi connectivity index (χ0) is 22.0. The predicted octanol–water partition coefficient (Wildman–Crippen LogP) is 6.45. The Labute approximate surface area is 164 Å². The number of halogens is 6. The molecule has 0 fully saturated rings. The highest BCUT2D eigenvalue weighted by Crippen LogP contribution is 2.40. The second kappa shape index (κ2) is 8.66. The van der Waals surface area contributed by atoms with Crippen LogP contribution in [0.4, 0.5) is 26.3 Å². The maximum Gasteiger partial charge on any atom is 0.417 e. The second-order valence-corrected chi connectivity index (χ2v) is 8.54. The van der Waals surface area contributed by atoms with Gasteiger partial charge in [0.05, 0.1) is 16.7 Å². The van der Waals surface area contributed by atoms with E-state index in [-0.39, 0.29) is 17.4 Å². The molecule has 0 N–H and O–H groups in total. The fraction of sp³-hybridized carbons (Fsp3) is 0.350. The minimum absolute atomic E-state index is 0.0433. The molecule has 2 nitrogen and oxygen atoms in total. The maximum absolute atomic E-state index is 13.4. The van der Waals surface area contributed by atoms with Crippen molar-refractivity contribution in [2.75, 3.05) is 6.16 Å². The van der Waals surface area contributed by atoms with Crippen LogP contribution in [0, 0.1) is 5.92 Å². The van der Waals surface area contributed by atoms with Crippen LogP contribution in [0.2, 0.25) is 0 Å². The third kappa shape index (κ3) is 5.44. The fourth-order valence-electron chi connectivity index (χ4n) is 2.78. The molecule has 0 aromatic heterocycles. The lowest BCUT2D eigenvalue weighted by Gasteiger charge is -2.17. The molecule has 0 aliphatic heterocycles. The van der Waals surface area contributed by atoms with Crippen LogP contribution in [0.1, 0.15) is 47.3 Å². The molecule has 0 radical (unpaired) electrons. The maximum atomic E-state index is 13.4. The Morgan fingerprint density at radius 2 is 1.41 bits per heavy atom. The average molecular weight is 435 g/mol. The Kier molecular flexibility index (Phi) is 6.89. The van der Waals surface area contributed by atoms with Gasteiger partial charge in [0.2, 0.25) is 5.30 Å². The normalized spacial score (nSPS) is 12.9. The second-order valence-electron chi connectivity index (χ2n) is 6.85. The van der Waals surface area contributed by atoms with Gasteiger partial charge in [-0.05, 0) is 36.6 Å². The largest absolute Gasteiger partial charge is 0.417 e. The Morgan fingerprint density at radius 1 is 0.897 bits per heavy atom. The van der Waals surface area contributed by atoms with Crippen molar-refractivity contribution in [3.63, 3.8) is 0 Å². The predicted molar refractivity (Wildman–Crippen MR) is 97.9 cm³/mol. The van der Waals surface area contributed by atoms with Crippen molar-refractivity contribution in [1.29, 1.82) is 0 Å². The van der Waals surface area contributed by atoms with Gasteiger partial charge < -0.3 is 0 Å². The highest BCUT2D eigenvalue weighted by atomic mass is 31.1. The van der Waals surface area contributed by atoms with Crippen LogP contribution in [0.25, 0.3) is 0 Å². The van der Waals surface area contributed by atoms with Crippen molar-refractivity contribution in [2.24, 2.45) is 5.92 Å². The number of rotatable bonds is 6. The molecular weight excluding hydrogens is 417 g/mol. The number of ketones is 1. The standard InChI is InChI=1S/C20H18F6O2P/c1-12(2)10-11-29(28)16-9-4-3-6-13(16)18(27)17-14(19(21,22)23)7-5-8-15(17)20(24,25)26/h3-9,12H,10-11H2,1-2H3/q+1. The van der Waals surface area contributed by atoms with Gasteiger partial charge in [-0.1, -0.05) is 36.6 Å². The molecule has 29 heavy (non-hydrogen) atoms. The number of carbonyl (C=O) groups is 1. The number of carbonyl (C=O) groups excluding carboxylic acids is 1. The highest BCUT2D eigenvalue weighted by Gasteiger charge is 2.43. The van der Waals surface area contributed by atoms with Crippen LogP contribution in [0.3, 0.4) is 0 Å². The molecule has 0 amide bonds. The first-order chi connectivity index (χ1) is 13.3. The van der Waals surface area contributed by atoms with Crippen LogP contribution in [-0.4, -0.2) is 11.9 Å². The third-order valence-electron chi connectivity index (χ3n) is 4.23. The Hall–Kier alpha value is -2.21. The van der Waals surface area contributed by atoms with E-state index in [0.717, 1.165) is 6.07 Å². The summed E-state index contributed by atoms with van der Waals surface area (Å²) in [5.74, 6) is -1.26. The monoisotopic (exact) mass is 435 g/mol. The summed E-state index contributed by atoms with van der Waals surface area (Å²) in [6, 6.07) is 6.63. The minimum atomic E-state index is -5.17. The van der Waals surface area contributed by atoms with Crippen molar-refractivity contribution < 1.29 is 35.7 Å². The Morgan fingerprint density at radius 3 is 1.90 bits per heavy atom. The summed E-state index contributed by atoms with van der Waals surface area (Å²) in [5.41, 5.74) is -5.25. The Balaban J connectivity index is 2.66. The average Bonchev–Trinajstić information content (AvgIpc) is 2.63. The van der Waals surface area contributed by atoms with Crippen LogP contribution in [0.15, 0.2) is 42.5 Å². The molecule has 0 bridgehead atoms. The van der Waals surface area contributed by atoms with Crippen LogP contribution >= 0.6 is 7.80 Å². The van der Waals surface area contributed by atoms with E-state index in [4.69, 9.17) is 0 Å². The van der Waals surface area contributed by atoms with Gasteiger partial charge in [0.15, 0.2) is 11.9 Å². The number of hydrogen-bond acceptors (Lipinski definition) is 2. The molecule has 1 atom stereocenters. The zero-order valence-corrected chi connectivity index (χ0v) is 16.5. The van der Waals surface area contributed by atoms with Gasteiger partial charge in [0.1, 0.15) is 0 Å². The smallest absolute Gasteiger partial charge is 0.288 e. The van der Waals surface area contributed by atoms with Crippen molar-refractivity contribution in [3.05, 3.63) is 64.7 Å². The van der Waals surface area contributed by atoms with Crippen molar-refractivity contribution in [1.82, 2.24) is 0 Å². The van der Waals surface area contributed by atoms with Gasteiger partial charge in [-0.3, -0.25) is 4.79 Å². The van der Waals surface area contributed by atoms with Crippen LogP contribution < -0.4 is 5.30 Å². The van der Waals surface area contributed by atoms with E-state index in [2.05, 4.69) is 0 Å². The third-order valence-corrected chi connectivity index (χ3v) is 5.82. The molecule has 1 unspecified atom stereocenters. The van der Waals surface area contributed by atoms with Gasteiger partial charge in [0.25, 0.3) is 0 Å². The van der Waals surface area contributed by atoms with E-state index in [1.165, 1.54) is 18.2 Å². The molecule has 9 heteroatoms. The number of alkyl halides is 6. The number of benzene rings is 2. The first-order valence-corrected chi connectivity index (χ1v) is 10.1. The summed E-state index contributed by atoms with van der Waals surface area (Å²) in [6.07, 6.45) is -9.63. The van der Waals surface area contributed by atoms with Gasteiger partial charge in [-0.25, -0.2) is 0 Å². The first-order valence-electron chi connectivity index (χ1n) is 8.69. The lowest BCUT2D eigenvalue weighted by molar-refractivity contribution is -0.143. The molecule has 2 aromatic rings. The van der Waals surface area contributed by atoms with Crippen molar-refractivity contribution >= 4 is 18.9 Å². The summed E-state index contributed by atoms with van der Waals surface area (Å²) < 4.78 is 92.9. The topological polar surface area (TPSA) is 34.1 Å². The highest BCUT2D eigenvalue weighted by molar-refractivity contribution is 7.53. The number of hydrogen-bond donors (Lipinski definition) is 0. The van der Waals surface area contributed by atoms with E-state index >= 15 is 0 Å². The molecule has 156 valence electrons. The van der Waals surface area contributed by atoms with E-state index in [1.54, 1.807) is 0 Å². The summed E-state index contributed by atoms with van der Waals surface area (Å²) in [4.78, 5) is 12.9.